The van der Waals surface area contributed by atoms with Gasteiger partial charge in [0.25, 0.3) is 5.91 Å². The van der Waals surface area contributed by atoms with Gasteiger partial charge in [-0.1, -0.05) is 22.6 Å². The van der Waals surface area contributed by atoms with Crippen LogP contribution < -0.4 is 10.1 Å². The van der Waals surface area contributed by atoms with Crippen LogP contribution in [0.15, 0.2) is 47.6 Å². The number of carbonyl (C=O) groups excluding carboxylic acids is 1. The number of ether oxygens (including phenoxy) is 1. The Labute approximate surface area is 154 Å². The molecular formula is C19H17N3O3S. The van der Waals surface area contributed by atoms with Gasteiger partial charge < -0.3 is 9.57 Å². The van der Waals surface area contributed by atoms with Gasteiger partial charge in [0.15, 0.2) is 5.13 Å². The maximum absolute atomic E-state index is 12.5. The minimum absolute atomic E-state index is 0.243. The molecule has 1 aliphatic rings. The molecule has 0 saturated heterocycles. The lowest BCUT2D eigenvalue weighted by Gasteiger charge is -2.07. The quantitative estimate of drug-likeness (QED) is 0.762. The third-order valence-electron chi connectivity index (χ3n) is 4.16. The van der Waals surface area contributed by atoms with E-state index < -0.39 is 6.10 Å². The van der Waals surface area contributed by atoms with Gasteiger partial charge in [-0.05, 0) is 54.4 Å². The lowest BCUT2D eigenvalue weighted by molar-refractivity contribution is -0.125. The monoisotopic (exact) mass is 367 g/mol. The summed E-state index contributed by atoms with van der Waals surface area (Å²) in [5, 5.41) is 7.46. The smallest absolute Gasteiger partial charge is 0.270 e. The topological polar surface area (TPSA) is 72.8 Å². The number of anilines is 1. The molecule has 1 unspecified atom stereocenters. The second-order valence-corrected chi connectivity index (χ2v) is 7.07. The van der Waals surface area contributed by atoms with Crippen LogP contribution in [-0.4, -0.2) is 29.8 Å². The van der Waals surface area contributed by atoms with Crippen LogP contribution in [0.2, 0.25) is 0 Å². The first kappa shape index (κ1) is 16.5. The Kier molecular flexibility index (Phi) is 4.30. The van der Waals surface area contributed by atoms with Gasteiger partial charge in [-0.3, -0.25) is 10.1 Å². The zero-order chi connectivity index (χ0) is 18.1. The molecule has 1 amide bonds. The highest BCUT2D eigenvalue weighted by molar-refractivity contribution is 7.22. The molecule has 1 aliphatic heterocycles. The number of thiazole rings is 1. The number of benzene rings is 2. The molecule has 4 rings (SSSR count). The van der Waals surface area contributed by atoms with E-state index in [9.17, 15) is 4.79 Å². The van der Waals surface area contributed by atoms with Gasteiger partial charge in [-0.15, -0.1) is 0 Å². The van der Waals surface area contributed by atoms with Crippen molar-refractivity contribution in [2.75, 3.05) is 12.4 Å². The van der Waals surface area contributed by atoms with E-state index in [1.54, 1.807) is 7.11 Å². The minimum Gasteiger partial charge on any atom is -0.497 e. The van der Waals surface area contributed by atoms with E-state index in [0.717, 1.165) is 32.8 Å². The molecule has 0 aliphatic carbocycles. The highest BCUT2D eigenvalue weighted by Gasteiger charge is 2.29. The van der Waals surface area contributed by atoms with E-state index in [1.807, 2.05) is 43.3 Å². The predicted molar refractivity (Wildman–Crippen MR) is 102 cm³/mol. The molecule has 1 N–H and O–H groups in total. The summed E-state index contributed by atoms with van der Waals surface area (Å²) in [6, 6.07) is 13.5. The van der Waals surface area contributed by atoms with Crippen molar-refractivity contribution in [1.29, 1.82) is 0 Å². The zero-order valence-corrected chi connectivity index (χ0v) is 15.2. The molecular weight excluding hydrogens is 350 g/mol. The molecule has 7 heteroatoms. The number of rotatable bonds is 4. The number of hydrogen-bond acceptors (Lipinski definition) is 6. The van der Waals surface area contributed by atoms with E-state index in [0.29, 0.717) is 11.6 Å². The number of nitrogens with one attached hydrogen (secondary N) is 1. The van der Waals surface area contributed by atoms with Crippen molar-refractivity contribution in [2.45, 2.75) is 19.4 Å². The highest BCUT2D eigenvalue weighted by Crippen LogP contribution is 2.27. The lowest BCUT2D eigenvalue weighted by Crippen LogP contribution is -2.27. The van der Waals surface area contributed by atoms with E-state index in [2.05, 4.69) is 21.5 Å². The molecule has 132 valence electrons. The van der Waals surface area contributed by atoms with Gasteiger partial charge in [-0.25, -0.2) is 4.98 Å². The van der Waals surface area contributed by atoms with E-state index in [1.165, 1.54) is 11.3 Å². The van der Waals surface area contributed by atoms with Crippen LogP contribution in [0.4, 0.5) is 5.13 Å². The second-order valence-electron chi connectivity index (χ2n) is 6.04. The minimum atomic E-state index is -0.652. The number of aromatic nitrogens is 1. The Bertz CT molecular complexity index is 995. The number of nitrogens with zero attached hydrogens (tertiary/aromatic N) is 2. The third kappa shape index (κ3) is 3.25. The van der Waals surface area contributed by atoms with Gasteiger partial charge in [0.2, 0.25) is 6.10 Å². The molecule has 0 saturated carbocycles. The van der Waals surface area contributed by atoms with Gasteiger partial charge in [-0.2, -0.15) is 0 Å². The fraction of sp³-hybridized carbons (Fsp3) is 0.211. The number of amides is 1. The van der Waals surface area contributed by atoms with Crippen LogP contribution in [0.1, 0.15) is 17.5 Å². The molecule has 26 heavy (non-hydrogen) atoms. The molecule has 3 aromatic rings. The van der Waals surface area contributed by atoms with Crippen molar-refractivity contribution in [3.8, 4) is 5.75 Å². The summed E-state index contributed by atoms with van der Waals surface area (Å²) in [6.45, 7) is 2.03. The van der Waals surface area contributed by atoms with E-state index in [-0.39, 0.29) is 5.91 Å². The molecule has 6 nitrogen and oxygen atoms in total. The van der Waals surface area contributed by atoms with Crippen molar-refractivity contribution >= 4 is 38.3 Å². The summed E-state index contributed by atoms with van der Waals surface area (Å²) in [7, 11) is 1.62. The lowest BCUT2D eigenvalue weighted by atomic mass is 10.0. The molecule has 0 fully saturated rings. The van der Waals surface area contributed by atoms with Crippen molar-refractivity contribution in [3.63, 3.8) is 0 Å². The Balaban J connectivity index is 1.42. The average molecular weight is 367 g/mol. The maximum atomic E-state index is 12.5. The molecule has 0 bridgehead atoms. The second kappa shape index (κ2) is 6.76. The zero-order valence-electron chi connectivity index (χ0n) is 14.4. The summed E-state index contributed by atoms with van der Waals surface area (Å²) in [4.78, 5) is 22.2. The normalized spacial score (nSPS) is 16.2. The molecule has 2 aromatic carbocycles. The number of aryl methyl sites for hydroxylation is 1. The molecule has 1 aromatic heterocycles. The Hall–Kier alpha value is -2.93. The summed E-state index contributed by atoms with van der Waals surface area (Å²) in [5.41, 5.74) is 3.69. The van der Waals surface area contributed by atoms with Crippen molar-refractivity contribution in [1.82, 2.24) is 4.98 Å². The number of carbonyl (C=O) groups is 1. The first-order chi connectivity index (χ1) is 12.6. The van der Waals surface area contributed by atoms with Gasteiger partial charge >= 0.3 is 0 Å². The summed E-state index contributed by atoms with van der Waals surface area (Å²) < 4.78 is 6.19. The Morgan fingerprint density at radius 3 is 2.85 bits per heavy atom. The van der Waals surface area contributed by atoms with E-state index >= 15 is 0 Å². The number of oxime groups is 1. The first-order valence-corrected chi connectivity index (χ1v) is 8.99. The number of methoxy groups -OCH3 is 1. The summed E-state index contributed by atoms with van der Waals surface area (Å²) in [5.74, 6) is 0.529. The van der Waals surface area contributed by atoms with Crippen molar-refractivity contribution in [3.05, 3.63) is 53.6 Å². The fourth-order valence-electron chi connectivity index (χ4n) is 2.74. The fourth-order valence-corrected chi connectivity index (χ4v) is 3.71. The number of hydrogen-bond donors (Lipinski definition) is 1. The highest BCUT2D eigenvalue weighted by atomic mass is 32.1. The average Bonchev–Trinajstić information content (AvgIpc) is 3.28. The largest absolute Gasteiger partial charge is 0.497 e. The van der Waals surface area contributed by atoms with Crippen LogP contribution in [0.25, 0.3) is 10.2 Å². The van der Waals surface area contributed by atoms with E-state index in [4.69, 9.17) is 9.57 Å². The van der Waals surface area contributed by atoms with Gasteiger partial charge in [0, 0.05) is 6.42 Å². The molecule has 0 spiro atoms. The third-order valence-corrected chi connectivity index (χ3v) is 5.09. The predicted octanol–water partition coefficient (Wildman–Crippen LogP) is 3.75. The summed E-state index contributed by atoms with van der Waals surface area (Å²) >= 11 is 1.45. The van der Waals surface area contributed by atoms with Gasteiger partial charge in [0.1, 0.15) is 5.75 Å². The molecule has 0 radical (unpaired) electrons. The standard InChI is InChI=1S/C19H17N3O3S/c1-11-3-8-14-17(9-11)26-19(20-14)21-18(23)16-10-15(22-25-16)12-4-6-13(24-2)7-5-12/h3-9,16H,10H2,1-2H3,(H,20,21,23). The van der Waals surface area contributed by atoms with Gasteiger partial charge in [0.05, 0.1) is 23.0 Å². The molecule has 2 heterocycles. The Morgan fingerprint density at radius 1 is 1.27 bits per heavy atom. The Morgan fingerprint density at radius 2 is 2.08 bits per heavy atom. The van der Waals surface area contributed by atoms with Crippen molar-refractivity contribution < 1.29 is 14.4 Å². The van der Waals surface area contributed by atoms with Crippen LogP contribution >= 0.6 is 11.3 Å². The van der Waals surface area contributed by atoms with Crippen molar-refractivity contribution in [2.24, 2.45) is 5.16 Å². The van der Waals surface area contributed by atoms with Crippen LogP contribution in [0, 0.1) is 6.92 Å². The first-order valence-electron chi connectivity index (χ1n) is 8.17. The maximum Gasteiger partial charge on any atom is 0.270 e. The van der Waals surface area contributed by atoms with Crippen LogP contribution in [0.3, 0.4) is 0 Å². The number of fused-ring (bicyclic) bond motifs is 1. The van der Waals surface area contributed by atoms with Crippen LogP contribution in [0.5, 0.6) is 5.75 Å². The SMILES string of the molecule is COc1ccc(C2=NOC(C(=O)Nc3nc4ccc(C)cc4s3)C2)cc1. The molecule has 1 atom stereocenters. The summed E-state index contributed by atoms with van der Waals surface area (Å²) in [6.07, 6.45) is -0.233. The van der Waals surface area contributed by atoms with Crippen LogP contribution in [-0.2, 0) is 9.63 Å².